The van der Waals surface area contributed by atoms with Gasteiger partial charge in [-0.25, -0.2) is 0 Å². The summed E-state index contributed by atoms with van der Waals surface area (Å²) in [5.41, 5.74) is 0.575. The highest BCUT2D eigenvalue weighted by atomic mass is 79.9. The van der Waals surface area contributed by atoms with Crippen LogP contribution < -0.4 is 0 Å². The van der Waals surface area contributed by atoms with Gasteiger partial charge in [0.05, 0.1) is 5.41 Å². The van der Waals surface area contributed by atoms with E-state index in [0.717, 1.165) is 10.9 Å². The van der Waals surface area contributed by atoms with Crippen LogP contribution in [-0.4, -0.2) is 29.2 Å². The first-order valence-corrected chi connectivity index (χ1v) is 6.92. The fraction of sp³-hybridized carbons (Fsp3) is 0.500. The molecule has 1 amide bonds. The van der Waals surface area contributed by atoms with E-state index in [-0.39, 0.29) is 11.9 Å². The number of benzene rings is 1. The number of nitrogens with zero attached hydrogens (tertiary/aromatic N) is 1. The number of likely N-dealkylation sites (N-methyl/N-ethyl adjacent to an activating group) is 1. The summed E-state index contributed by atoms with van der Waals surface area (Å²) in [4.78, 5) is 14.3. The highest BCUT2D eigenvalue weighted by molar-refractivity contribution is 9.09. The number of halogens is 1. The molecule has 0 aliphatic carbocycles. The zero-order valence-corrected chi connectivity index (χ0v) is 12.5. The molecule has 0 heterocycles. The minimum absolute atomic E-state index is 0.149. The highest BCUT2D eigenvalue weighted by Crippen LogP contribution is 2.25. The average molecular weight is 298 g/mol. The maximum Gasteiger partial charge on any atom is 0.232 e. The molecule has 0 aliphatic rings. The molecular formula is C14H20BrNO. The van der Waals surface area contributed by atoms with E-state index in [1.165, 1.54) is 0 Å². The van der Waals surface area contributed by atoms with Crippen LogP contribution in [0.1, 0.15) is 26.3 Å². The smallest absolute Gasteiger partial charge is 0.232 e. The average Bonchev–Trinajstić information content (AvgIpc) is 2.37. The van der Waals surface area contributed by atoms with Crippen molar-refractivity contribution >= 4 is 21.8 Å². The summed E-state index contributed by atoms with van der Waals surface area (Å²) < 4.78 is 0. The van der Waals surface area contributed by atoms with Crippen molar-refractivity contribution in [3.63, 3.8) is 0 Å². The Morgan fingerprint density at radius 1 is 1.35 bits per heavy atom. The predicted molar refractivity (Wildman–Crippen MR) is 75.5 cm³/mol. The van der Waals surface area contributed by atoms with Crippen LogP contribution in [0.2, 0.25) is 0 Å². The Morgan fingerprint density at radius 2 is 1.88 bits per heavy atom. The fourth-order valence-electron chi connectivity index (χ4n) is 1.72. The molecule has 0 bridgehead atoms. The van der Waals surface area contributed by atoms with Crippen molar-refractivity contribution in [3.8, 4) is 0 Å². The second-order valence-electron chi connectivity index (χ2n) is 4.91. The molecule has 94 valence electrons. The first-order valence-electron chi connectivity index (χ1n) is 5.80. The van der Waals surface area contributed by atoms with Gasteiger partial charge in [-0.15, -0.1) is 0 Å². The molecule has 1 aromatic rings. The molecule has 3 heteroatoms. The highest BCUT2D eigenvalue weighted by Gasteiger charge is 2.33. The van der Waals surface area contributed by atoms with Crippen LogP contribution in [-0.2, 0) is 10.2 Å². The molecule has 17 heavy (non-hydrogen) atoms. The third-order valence-corrected chi connectivity index (χ3v) is 4.17. The molecule has 0 saturated heterocycles. The third-order valence-electron chi connectivity index (χ3n) is 3.23. The van der Waals surface area contributed by atoms with Crippen molar-refractivity contribution in [1.29, 1.82) is 0 Å². The van der Waals surface area contributed by atoms with Crippen LogP contribution >= 0.6 is 15.9 Å². The van der Waals surface area contributed by atoms with Gasteiger partial charge in [-0.2, -0.15) is 0 Å². The molecule has 0 fully saturated rings. The lowest BCUT2D eigenvalue weighted by Gasteiger charge is -2.33. The zero-order valence-electron chi connectivity index (χ0n) is 10.9. The maximum absolute atomic E-state index is 12.5. The number of hydrogen-bond acceptors (Lipinski definition) is 1. The normalized spacial score (nSPS) is 13.2. The van der Waals surface area contributed by atoms with E-state index >= 15 is 0 Å². The number of carbonyl (C=O) groups is 1. The Hall–Kier alpha value is -0.830. The fourth-order valence-corrected chi connectivity index (χ4v) is 2.16. The quantitative estimate of drug-likeness (QED) is 0.782. The molecule has 0 radical (unpaired) electrons. The lowest BCUT2D eigenvalue weighted by atomic mass is 9.83. The van der Waals surface area contributed by atoms with Gasteiger partial charge in [-0.1, -0.05) is 46.3 Å². The monoisotopic (exact) mass is 297 g/mol. The van der Waals surface area contributed by atoms with Crippen LogP contribution in [0.4, 0.5) is 0 Å². The van der Waals surface area contributed by atoms with Gasteiger partial charge in [-0.05, 0) is 26.3 Å². The van der Waals surface area contributed by atoms with Gasteiger partial charge in [0.1, 0.15) is 0 Å². The van der Waals surface area contributed by atoms with Crippen molar-refractivity contribution in [2.24, 2.45) is 0 Å². The Balaban J connectivity index is 2.95. The molecule has 0 N–H and O–H groups in total. The summed E-state index contributed by atoms with van der Waals surface area (Å²) in [5, 5.41) is 0.792. The Kier molecular flexibility index (Phi) is 4.75. The SMILES string of the molecule is CC(CBr)N(C)C(=O)C(C)(C)c1ccccc1. The van der Waals surface area contributed by atoms with Crippen molar-refractivity contribution in [2.45, 2.75) is 32.2 Å². The molecule has 1 atom stereocenters. The first-order chi connectivity index (χ1) is 7.91. The second-order valence-corrected chi connectivity index (χ2v) is 5.56. The largest absolute Gasteiger partial charge is 0.341 e. The molecule has 2 nitrogen and oxygen atoms in total. The minimum atomic E-state index is -0.480. The van der Waals surface area contributed by atoms with E-state index < -0.39 is 5.41 Å². The van der Waals surface area contributed by atoms with E-state index in [0.29, 0.717) is 0 Å². The van der Waals surface area contributed by atoms with Gasteiger partial charge < -0.3 is 4.90 Å². The first kappa shape index (κ1) is 14.2. The molecular weight excluding hydrogens is 278 g/mol. The van der Waals surface area contributed by atoms with Crippen molar-refractivity contribution in [3.05, 3.63) is 35.9 Å². The van der Waals surface area contributed by atoms with Gasteiger partial charge in [0.15, 0.2) is 0 Å². The summed E-state index contributed by atoms with van der Waals surface area (Å²) in [5.74, 6) is 0.149. The van der Waals surface area contributed by atoms with E-state index in [1.54, 1.807) is 0 Å². The van der Waals surface area contributed by atoms with Crippen LogP contribution in [0.15, 0.2) is 30.3 Å². The minimum Gasteiger partial charge on any atom is -0.341 e. The summed E-state index contributed by atoms with van der Waals surface area (Å²) in [6, 6.07) is 10.1. The zero-order chi connectivity index (χ0) is 13.1. The van der Waals surface area contributed by atoms with E-state index in [4.69, 9.17) is 0 Å². The van der Waals surface area contributed by atoms with Crippen molar-refractivity contribution in [1.82, 2.24) is 4.90 Å². The predicted octanol–water partition coefficient (Wildman–Crippen LogP) is 3.21. The number of carbonyl (C=O) groups excluding carboxylic acids is 1. The standard InChI is InChI=1S/C14H20BrNO/c1-11(10-15)16(4)13(17)14(2,3)12-8-6-5-7-9-12/h5-9,11H,10H2,1-4H3. The summed E-state index contributed by atoms with van der Waals surface area (Å²) in [7, 11) is 1.86. The summed E-state index contributed by atoms with van der Waals surface area (Å²) >= 11 is 3.41. The number of hydrogen-bond donors (Lipinski definition) is 0. The van der Waals surface area contributed by atoms with E-state index in [9.17, 15) is 4.79 Å². The topological polar surface area (TPSA) is 20.3 Å². The Bertz CT molecular complexity index is 375. The van der Waals surface area contributed by atoms with Crippen molar-refractivity contribution < 1.29 is 4.79 Å². The Morgan fingerprint density at radius 3 is 2.35 bits per heavy atom. The van der Waals surface area contributed by atoms with Crippen LogP contribution in [0.25, 0.3) is 0 Å². The molecule has 1 rings (SSSR count). The van der Waals surface area contributed by atoms with Crippen LogP contribution in [0.3, 0.4) is 0 Å². The summed E-state index contributed by atoms with van der Waals surface area (Å²) in [6.07, 6.45) is 0. The van der Waals surface area contributed by atoms with Gasteiger partial charge in [-0.3, -0.25) is 4.79 Å². The molecule has 0 aliphatic heterocycles. The van der Waals surface area contributed by atoms with Gasteiger partial charge in [0.25, 0.3) is 0 Å². The van der Waals surface area contributed by atoms with E-state index in [2.05, 4.69) is 15.9 Å². The van der Waals surface area contributed by atoms with Crippen molar-refractivity contribution in [2.75, 3.05) is 12.4 Å². The molecule has 1 unspecified atom stereocenters. The lowest BCUT2D eigenvalue weighted by Crippen LogP contribution is -2.46. The van der Waals surface area contributed by atoms with Crippen LogP contribution in [0.5, 0.6) is 0 Å². The molecule has 0 spiro atoms. The van der Waals surface area contributed by atoms with E-state index in [1.807, 2.05) is 63.1 Å². The molecule has 0 saturated carbocycles. The second kappa shape index (κ2) is 5.67. The van der Waals surface area contributed by atoms with Gasteiger partial charge in [0, 0.05) is 18.4 Å². The molecule has 1 aromatic carbocycles. The van der Waals surface area contributed by atoms with Gasteiger partial charge in [0.2, 0.25) is 5.91 Å². The Labute approximate surface area is 112 Å². The number of rotatable bonds is 4. The number of amides is 1. The summed E-state index contributed by atoms with van der Waals surface area (Å²) in [6.45, 7) is 5.98. The molecule has 0 aromatic heterocycles. The van der Waals surface area contributed by atoms with Crippen LogP contribution in [0, 0.1) is 0 Å². The number of alkyl halides is 1. The third kappa shape index (κ3) is 3.09. The van der Waals surface area contributed by atoms with Gasteiger partial charge >= 0.3 is 0 Å². The lowest BCUT2D eigenvalue weighted by molar-refractivity contribution is -0.136. The maximum atomic E-state index is 12.5.